The summed E-state index contributed by atoms with van der Waals surface area (Å²) in [5, 5.41) is 0. The highest BCUT2D eigenvalue weighted by atomic mass is 32.3. The number of para-hydroxylation sites is 2. The van der Waals surface area contributed by atoms with Crippen molar-refractivity contribution in [3.63, 3.8) is 0 Å². The maximum atomic E-state index is 12.1. The van der Waals surface area contributed by atoms with Crippen molar-refractivity contribution in [3.05, 3.63) is 145 Å². The molecule has 0 heterocycles. The first-order valence-corrected chi connectivity index (χ1v) is 15.5. The molecule has 0 aromatic heterocycles. The summed E-state index contributed by atoms with van der Waals surface area (Å²) >= 11 is 0. The average Bonchev–Trinajstić information content (AvgIpc) is 3.57. The quantitative estimate of drug-likeness (QED) is 0.167. The second-order valence-electron chi connectivity index (χ2n) is 9.22. The highest BCUT2D eigenvalue weighted by molar-refractivity contribution is 7.82. The van der Waals surface area contributed by atoms with Crippen molar-refractivity contribution >= 4 is 20.8 Å². The Labute approximate surface area is 245 Å². The molecule has 42 heavy (non-hydrogen) atoms. The van der Waals surface area contributed by atoms with Gasteiger partial charge in [0.1, 0.15) is 23.0 Å². The summed E-state index contributed by atoms with van der Waals surface area (Å²) in [7, 11) is -8.57. The lowest BCUT2D eigenvalue weighted by Crippen LogP contribution is -2.16. The maximum Gasteiger partial charge on any atom is 0.500 e. The van der Waals surface area contributed by atoms with Gasteiger partial charge >= 0.3 is 20.8 Å². The maximum absolute atomic E-state index is 12.1. The third-order valence-electron chi connectivity index (χ3n) is 6.15. The van der Waals surface area contributed by atoms with Crippen molar-refractivity contribution in [3.8, 4) is 34.1 Å². The minimum absolute atomic E-state index is 0.0811. The Balaban J connectivity index is 0.000000513. The topological polar surface area (TPSA) is 105 Å². The molecule has 214 valence electrons. The summed E-state index contributed by atoms with van der Waals surface area (Å²) in [5.74, 6) is 0.426. The molecule has 0 saturated carbocycles. The Morgan fingerprint density at radius 2 is 0.762 bits per heavy atom. The van der Waals surface area contributed by atoms with E-state index >= 15 is 0 Å². The predicted octanol–water partition coefficient (Wildman–Crippen LogP) is 6.91. The molecule has 0 bridgehead atoms. The molecule has 0 amide bonds. The Bertz CT molecular complexity index is 1710. The Morgan fingerprint density at radius 3 is 1.05 bits per heavy atom. The zero-order valence-corrected chi connectivity index (χ0v) is 24.0. The van der Waals surface area contributed by atoms with E-state index < -0.39 is 20.8 Å². The smallest absolute Gasteiger partial charge is 0.353 e. The number of benzene rings is 5. The summed E-state index contributed by atoms with van der Waals surface area (Å²) in [6, 6.07) is 37.7. The number of fused-ring (bicyclic) bond motifs is 1. The van der Waals surface area contributed by atoms with Crippen molar-refractivity contribution in [1.29, 1.82) is 0 Å². The van der Waals surface area contributed by atoms with Gasteiger partial charge in [0.25, 0.3) is 0 Å². The lowest BCUT2D eigenvalue weighted by molar-refractivity contribution is 0.390. The van der Waals surface area contributed by atoms with E-state index in [1.54, 1.807) is 60.7 Å². The molecule has 0 atom stereocenters. The predicted molar refractivity (Wildman–Crippen MR) is 159 cm³/mol. The fraction of sp³-hybridized carbons (Fsp3) is 0.0625. The molecule has 0 saturated heterocycles. The van der Waals surface area contributed by atoms with E-state index in [0.29, 0.717) is 0 Å². The van der Waals surface area contributed by atoms with Crippen LogP contribution in [-0.2, 0) is 20.8 Å². The van der Waals surface area contributed by atoms with Crippen molar-refractivity contribution in [2.24, 2.45) is 0 Å². The van der Waals surface area contributed by atoms with Gasteiger partial charge in [-0.2, -0.15) is 0 Å². The number of hydrogen-bond acceptors (Lipinski definition) is 8. The minimum atomic E-state index is -4.29. The van der Waals surface area contributed by atoms with Gasteiger partial charge in [-0.15, -0.1) is 16.8 Å². The van der Waals surface area contributed by atoms with E-state index in [9.17, 15) is 16.8 Å². The molecule has 0 unspecified atom stereocenters. The van der Waals surface area contributed by atoms with Gasteiger partial charge in [-0.05, 0) is 76.9 Å². The fourth-order valence-corrected chi connectivity index (χ4v) is 5.40. The van der Waals surface area contributed by atoms with Crippen LogP contribution in [-0.4, -0.2) is 16.8 Å². The molecular weight excluding hydrogens is 576 g/mol. The van der Waals surface area contributed by atoms with Crippen LogP contribution >= 0.6 is 0 Å². The first-order chi connectivity index (χ1) is 20.2. The molecule has 6 rings (SSSR count). The summed E-state index contributed by atoms with van der Waals surface area (Å²) in [5.41, 5.74) is 4.62. The average molecular weight is 603 g/mol. The van der Waals surface area contributed by atoms with Crippen molar-refractivity contribution in [1.82, 2.24) is 0 Å². The van der Waals surface area contributed by atoms with Crippen molar-refractivity contribution in [2.45, 2.75) is 12.8 Å². The van der Waals surface area contributed by atoms with Gasteiger partial charge in [0.15, 0.2) is 0 Å². The van der Waals surface area contributed by atoms with E-state index in [4.69, 9.17) is 16.7 Å². The third kappa shape index (κ3) is 8.12. The Kier molecular flexibility index (Phi) is 8.46. The van der Waals surface area contributed by atoms with Crippen LogP contribution in [0.4, 0.5) is 0 Å². The molecular formula is C32H26O8S2. The highest BCUT2D eigenvalue weighted by Gasteiger charge is 2.18. The van der Waals surface area contributed by atoms with E-state index in [-0.39, 0.29) is 28.9 Å². The summed E-state index contributed by atoms with van der Waals surface area (Å²) in [6.07, 6.45) is 0. The largest absolute Gasteiger partial charge is 0.500 e. The molecule has 10 heteroatoms. The third-order valence-corrected chi connectivity index (χ3v) is 7.74. The van der Waals surface area contributed by atoms with Crippen LogP contribution in [0, 0.1) is 0 Å². The SMILES string of the molecule is CC(c1ccc(OS(=O)(=O)Oc2ccccc2)cc1)c1ccc(OS(=O)(=O)Oc2ccccc2)cc1.c1cc2cc-2c1. The number of hydrogen-bond donors (Lipinski definition) is 0. The molecule has 0 N–H and O–H groups in total. The first kappa shape index (κ1) is 28.7. The van der Waals surface area contributed by atoms with Crippen LogP contribution in [0.1, 0.15) is 24.0 Å². The second-order valence-corrected chi connectivity index (χ2v) is 11.5. The number of rotatable bonds is 10. The second kappa shape index (κ2) is 12.4. The standard InChI is InChI=1S/C26H22O8S2.C6H4/c1-20(21-12-16-25(17-13-21)33-35(27,28)31-23-8-4-2-5-9-23)22-14-18-26(19-15-22)34-36(29,30)32-24-10-6-3-7-11-24;1-2-5-4-6(5)3-1/h2-20H,1H3;1-4H. The van der Waals surface area contributed by atoms with Crippen molar-refractivity contribution < 1.29 is 33.6 Å². The lowest BCUT2D eigenvalue weighted by atomic mass is 9.93. The minimum Gasteiger partial charge on any atom is -0.353 e. The van der Waals surface area contributed by atoms with Gasteiger partial charge in [-0.1, -0.05) is 85.8 Å². The summed E-state index contributed by atoms with van der Waals surface area (Å²) < 4.78 is 68.4. The summed E-state index contributed by atoms with van der Waals surface area (Å²) in [4.78, 5) is 0. The van der Waals surface area contributed by atoms with Crippen molar-refractivity contribution in [2.75, 3.05) is 0 Å². The van der Waals surface area contributed by atoms with Crippen LogP contribution in [0.3, 0.4) is 0 Å². The molecule has 0 fully saturated rings. The van der Waals surface area contributed by atoms with Gasteiger partial charge in [-0.25, -0.2) is 0 Å². The highest BCUT2D eigenvalue weighted by Crippen LogP contribution is 2.32. The van der Waals surface area contributed by atoms with Gasteiger partial charge in [-0.3, -0.25) is 0 Å². The lowest BCUT2D eigenvalue weighted by Gasteiger charge is -2.14. The first-order valence-electron chi connectivity index (χ1n) is 12.8. The van der Waals surface area contributed by atoms with E-state index in [2.05, 4.69) is 24.3 Å². The van der Waals surface area contributed by atoms with E-state index in [0.717, 1.165) is 11.1 Å². The zero-order chi connectivity index (χ0) is 29.6. The molecule has 0 aliphatic heterocycles. The van der Waals surface area contributed by atoms with Crippen LogP contribution in [0.15, 0.2) is 133 Å². The molecule has 4 aromatic carbocycles. The molecule has 2 aliphatic carbocycles. The van der Waals surface area contributed by atoms with Gasteiger partial charge < -0.3 is 16.7 Å². The summed E-state index contributed by atoms with van der Waals surface area (Å²) in [6.45, 7) is 1.95. The van der Waals surface area contributed by atoms with Crippen LogP contribution in [0.5, 0.6) is 23.0 Å². The Hall–Kier alpha value is -4.80. The fourth-order valence-electron chi connectivity index (χ4n) is 3.95. The zero-order valence-electron chi connectivity index (χ0n) is 22.4. The normalized spacial score (nSPS) is 11.6. The van der Waals surface area contributed by atoms with Crippen LogP contribution < -0.4 is 16.7 Å². The molecule has 2 aliphatic rings. The van der Waals surface area contributed by atoms with E-state index in [1.807, 2.05) is 6.92 Å². The molecule has 4 aromatic rings. The molecule has 8 nitrogen and oxygen atoms in total. The van der Waals surface area contributed by atoms with Crippen LogP contribution in [0.25, 0.3) is 11.1 Å². The van der Waals surface area contributed by atoms with Crippen LogP contribution in [0.2, 0.25) is 0 Å². The molecule has 0 spiro atoms. The molecule has 0 radical (unpaired) electrons. The van der Waals surface area contributed by atoms with Gasteiger partial charge in [0, 0.05) is 5.92 Å². The van der Waals surface area contributed by atoms with E-state index in [1.165, 1.54) is 59.7 Å². The van der Waals surface area contributed by atoms with Gasteiger partial charge in [0.05, 0.1) is 0 Å². The Morgan fingerprint density at radius 1 is 0.429 bits per heavy atom. The van der Waals surface area contributed by atoms with Gasteiger partial charge in [0.2, 0.25) is 0 Å². The monoisotopic (exact) mass is 602 g/mol.